The van der Waals surface area contributed by atoms with Gasteiger partial charge in [-0.15, -0.1) is 0 Å². The molecule has 0 bridgehead atoms. The highest BCUT2D eigenvalue weighted by atomic mass is 19.4. The number of hydrogen-bond acceptors (Lipinski definition) is 5. The quantitative estimate of drug-likeness (QED) is 0.438. The number of aliphatic hydroxyl groups excluding tert-OH is 1. The maximum absolute atomic E-state index is 13.6. The van der Waals surface area contributed by atoms with E-state index >= 15 is 0 Å². The first-order valence-electron chi connectivity index (χ1n) is 11.8. The third-order valence-corrected chi connectivity index (χ3v) is 7.27. The highest BCUT2D eigenvalue weighted by molar-refractivity contribution is 5.51. The van der Waals surface area contributed by atoms with Crippen LogP contribution in [-0.2, 0) is 12.4 Å². The lowest BCUT2D eigenvalue weighted by Gasteiger charge is -2.56. The van der Waals surface area contributed by atoms with Crippen molar-refractivity contribution in [3.8, 4) is 0 Å². The highest BCUT2D eigenvalue weighted by Gasteiger charge is 2.47. The number of likely N-dealkylation sites (tertiary alicyclic amines) is 1. The maximum atomic E-state index is 13.6. The number of aliphatic hydroxyl groups is 1. The molecular weight excluding hydrogens is 507 g/mol. The lowest BCUT2D eigenvalue weighted by Crippen LogP contribution is -2.59. The zero-order chi connectivity index (χ0) is 26.6. The topological polar surface area (TPSA) is 65.7 Å². The molecule has 1 atom stereocenters. The van der Waals surface area contributed by atoms with Gasteiger partial charge in [-0.25, -0.2) is 9.37 Å². The summed E-state index contributed by atoms with van der Waals surface area (Å²) >= 11 is 0. The molecule has 2 aromatic heterocycles. The Kier molecular flexibility index (Phi) is 6.34. The Hall–Kier alpha value is -2.93. The summed E-state index contributed by atoms with van der Waals surface area (Å²) in [6, 6.07) is 6.42. The third-order valence-electron chi connectivity index (χ3n) is 7.27. The van der Waals surface area contributed by atoms with E-state index in [4.69, 9.17) is 0 Å². The molecule has 1 spiro atoms. The Labute approximate surface area is 207 Å². The van der Waals surface area contributed by atoms with Gasteiger partial charge < -0.3 is 10.4 Å². The van der Waals surface area contributed by atoms with Gasteiger partial charge in [0.1, 0.15) is 11.6 Å². The van der Waals surface area contributed by atoms with Gasteiger partial charge in [0.2, 0.25) is 0 Å². The molecule has 13 heteroatoms. The van der Waals surface area contributed by atoms with Crippen molar-refractivity contribution in [1.82, 2.24) is 19.5 Å². The van der Waals surface area contributed by atoms with Gasteiger partial charge in [-0.2, -0.15) is 36.0 Å². The summed E-state index contributed by atoms with van der Waals surface area (Å²) in [5.41, 5.74) is -2.56. The summed E-state index contributed by atoms with van der Waals surface area (Å²) in [5.74, 6) is -0.741. The molecule has 2 aliphatic rings. The molecule has 3 heterocycles. The van der Waals surface area contributed by atoms with E-state index in [0.717, 1.165) is 12.8 Å². The average Bonchev–Trinajstić information content (AvgIpc) is 3.25. The summed E-state index contributed by atoms with van der Waals surface area (Å²) < 4.78 is 94.3. The van der Waals surface area contributed by atoms with Crippen LogP contribution >= 0.6 is 0 Å². The van der Waals surface area contributed by atoms with E-state index in [1.165, 1.54) is 12.1 Å². The van der Waals surface area contributed by atoms with Crippen molar-refractivity contribution in [1.29, 1.82) is 0 Å². The van der Waals surface area contributed by atoms with E-state index in [1.807, 2.05) is 0 Å². The minimum atomic E-state index is -4.88. The van der Waals surface area contributed by atoms with Crippen molar-refractivity contribution in [2.75, 3.05) is 25.0 Å². The minimum absolute atomic E-state index is 0.0297. The third kappa shape index (κ3) is 5.24. The van der Waals surface area contributed by atoms with E-state index in [1.54, 1.807) is 12.1 Å². The zero-order valence-electron chi connectivity index (χ0n) is 19.5. The summed E-state index contributed by atoms with van der Waals surface area (Å²) in [7, 11) is 0. The summed E-state index contributed by atoms with van der Waals surface area (Å²) in [4.78, 5) is 5.43. The Morgan fingerprint density at radius 2 is 1.59 bits per heavy atom. The van der Waals surface area contributed by atoms with Crippen molar-refractivity contribution < 1.29 is 35.8 Å². The number of halogens is 7. The number of anilines is 1. The lowest BCUT2D eigenvalue weighted by molar-refractivity contribution is -0.142. The number of alkyl halides is 6. The molecule has 1 saturated carbocycles. The molecule has 1 aromatic carbocycles. The van der Waals surface area contributed by atoms with Gasteiger partial charge in [-0.05, 0) is 48.8 Å². The van der Waals surface area contributed by atoms with Gasteiger partial charge in [0.15, 0.2) is 17.0 Å². The minimum Gasteiger partial charge on any atom is -0.393 e. The average molecular weight is 531 g/mol. The van der Waals surface area contributed by atoms with Crippen LogP contribution in [0.4, 0.5) is 36.6 Å². The predicted molar refractivity (Wildman–Crippen MR) is 119 cm³/mol. The molecule has 37 heavy (non-hydrogen) atoms. The van der Waals surface area contributed by atoms with E-state index in [-0.39, 0.29) is 23.9 Å². The SMILES string of the molecule is OC1CCC2(CC1)CN([C@@H](CNc1cc(C(F)(F)F)nc3cc(C(F)(F)F)nn13)c1ccc(F)cc1)C2. The smallest absolute Gasteiger partial charge is 0.393 e. The number of rotatable bonds is 5. The second-order valence-electron chi connectivity index (χ2n) is 9.91. The fraction of sp³-hybridized carbons (Fsp3) is 0.500. The summed E-state index contributed by atoms with van der Waals surface area (Å²) in [5, 5.41) is 16.1. The van der Waals surface area contributed by atoms with Crippen LogP contribution in [0, 0.1) is 11.2 Å². The highest BCUT2D eigenvalue weighted by Crippen LogP contribution is 2.47. The number of aromatic nitrogens is 3. The van der Waals surface area contributed by atoms with Crippen LogP contribution in [0.3, 0.4) is 0 Å². The van der Waals surface area contributed by atoms with Gasteiger partial charge >= 0.3 is 12.4 Å². The molecule has 0 unspecified atom stereocenters. The first-order chi connectivity index (χ1) is 17.3. The van der Waals surface area contributed by atoms with Gasteiger partial charge in [0, 0.05) is 31.8 Å². The molecule has 1 saturated heterocycles. The van der Waals surface area contributed by atoms with Crippen LogP contribution < -0.4 is 5.32 Å². The van der Waals surface area contributed by atoms with Crippen LogP contribution in [0.15, 0.2) is 36.4 Å². The molecule has 6 nitrogen and oxygen atoms in total. The number of nitrogens with zero attached hydrogens (tertiary/aromatic N) is 4. The number of benzene rings is 1. The molecule has 0 radical (unpaired) electrons. The molecule has 1 aliphatic carbocycles. The molecule has 200 valence electrons. The van der Waals surface area contributed by atoms with Gasteiger partial charge in [0.05, 0.1) is 12.1 Å². The number of fused-ring (bicyclic) bond motifs is 1. The van der Waals surface area contributed by atoms with Crippen molar-refractivity contribution in [3.63, 3.8) is 0 Å². The Balaban J connectivity index is 1.44. The van der Waals surface area contributed by atoms with E-state index in [0.29, 0.717) is 48.1 Å². The van der Waals surface area contributed by atoms with Crippen LogP contribution in [0.25, 0.3) is 5.65 Å². The summed E-state index contributed by atoms with van der Waals surface area (Å²) in [6.45, 7) is 1.40. The Bertz CT molecular complexity index is 1260. The fourth-order valence-corrected chi connectivity index (χ4v) is 5.29. The largest absolute Gasteiger partial charge is 0.435 e. The molecule has 2 N–H and O–H groups in total. The van der Waals surface area contributed by atoms with E-state index in [2.05, 4.69) is 20.3 Å². The molecule has 1 aliphatic heterocycles. The van der Waals surface area contributed by atoms with Gasteiger partial charge in [-0.1, -0.05) is 12.1 Å². The number of hydrogen-bond donors (Lipinski definition) is 2. The molecular formula is C24H24F7N5O. The van der Waals surface area contributed by atoms with Crippen LogP contribution in [0.2, 0.25) is 0 Å². The van der Waals surface area contributed by atoms with Crippen LogP contribution in [0.1, 0.15) is 48.7 Å². The molecule has 2 fully saturated rings. The van der Waals surface area contributed by atoms with E-state index < -0.39 is 41.2 Å². The molecule has 3 aromatic rings. The molecule has 0 amide bonds. The van der Waals surface area contributed by atoms with E-state index in [9.17, 15) is 35.8 Å². The Morgan fingerprint density at radius 1 is 0.973 bits per heavy atom. The lowest BCUT2D eigenvalue weighted by atomic mass is 9.67. The fourth-order valence-electron chi connectivity index (χ4n) is 5.29. The second kappa shape index (κ2) is 9.12. The maximum Gasteiger partial charge on any atom is 0.435 e. The molecule has 5 rings (SSSR count). The van der Waals surface area contributed by atoms with Crippen LogP contribution in [-0.4, -0.2) is 50.3 Å². The monoisotopic (exact) mass is 531 g/mol. The first kappa shape index (κ1) is 25.7. The van der Waals surface area contributed by atoms with Crippen LogP contribution in [0.5, 0.6) is 0 Å². The predicted octanol–water partition coefficient (Wildman–Crippen LogP) is 5.30. The van der Waals surface area contributed by atoms with Gasteiger partial charge in [0.25, 0.3) is 0 Å². The standard InChI is InChI=1S/C24H24F7N5O/c25-15-3-1-14(2-4-15)17(35-12-22(13-35)7-5-16(37)6-8-22)11-32-20-9-18(23(26,27)28)33-21-10-19(24(29,30)31)34-36(20)21/h1-4,9-10,16-17,32,37H,5-8,11-13H2/t17-/m0/s1. The van der Waals surface area contributed by atoms with Crippen molar-refractivity contribution >= 4 is 11.5 Å². The van der Waals surface area contributed by atoms with Crippen molar-refractivity contribution in [2.45, 2.75) is 50.2 Å². The summed E-state index contributed by atoms with van der Waals surface area (Å²) in [6.07, 6.45) is -6.97. The first-order valence-corrected chi connectivity index (χ1v) is 11.8. The van der Waals surface area contributed by atoms with Crippen molar-refractivity contribution in [2.24, 2.45) is 5.41 Å². The van der Waals surface area contributed by atoms with Gasteiger partial charge in [-0.3, -0.25) is 4.90 Å². The Morgan fingerprint density at radius 3 is 2.19 bits per heavy atom. The zero-order valence-corrected chi connectivity index (χ0v) is 19.5. The number of nitrogens with one attached hydrogen (secondary N) is 1. The van der Waals surface area contributed by atoms with Crippen molar-refractivity contribution in [3.05, 3.63) is 59.2 Å². The second-order valence-corrected chi connectivity index (χ2v) is 9.91. The normalized spacial score (nSPS) is 19.8.